The summed E-state index contributed by atoms with van der Waals surface area (Å²) in [4.78, 5) is 11.6. The normalized spacial score (nSPS) is 10.8. The van der Waals surface area contributed by atoms with Crippen molar-refractivity contribution in [3.63, 3.8) is 0 Å². The Balaban J connectivity index is 1.66. The number of carbonyl (C=O) groups is 1. The average molecular weight is 316 g/mol. The van der Waals surface area contributed by atoms with Gasteiger partial charge in [-0.25, -0.2) is 0 Å². The van der Waals surface area contributed by atoms with Crippen LogP contribution in [0.3, 0.4) is 0 Å². The first-order valence-electron chi connectivity index (χ1n) is 6.19. The Bertz CT molecular complexity index is 573. The number of nitrogens with zero attached hydrogens (tertiary/aromatic N) is 4. The lowest BCUT2D eigenvalue weighted by molar-refractivity contribution is -0.121. The molecular weight excluding hydrogens is 301 g/mol. The summed E-state index contributed by atoms with van der Waals surface area (Å²) in [6, 6.07) is 0. The van der Waals surface area contributed by atoms with Crippen LogP contribution in [0.15, 0.2) is 18.6 Å². The van der Waals surface area contributed by atoms with Crippen molar-refractivity contribution in [3.8, 4) is 0 Å². The fourth-order valence-corrected chi connectivity index (χ4v) is 2.01. The van der Waals surface area contributed by atoms with Crippen LogP contribution in [0.1, 0.15) is 12.1 Å². The molecule has 0 aliphatic rings. The van der Waals surface area contributed by atoms with E-state index < -0.39 is 0 Å². The fraction of sp³-hybridized carbons (Fsp3) is 0.417. The van der Waals surface area contributed by atoms with Crippen LogP contribution < -0.4 is 5.32 Å². The molecule has 0 saturated carbocycles. The van der Waals surface area contributed by atoms with Crippen molar-refractivity contribution in [3.05, 3.63) is 34.3 Å². The van der Waals surface area contributed by atoms with Gasteiger partial charge in [-0.2, -0.15) is 10.2 Å². The van der Waals surface area contributed by atoms with Crippen LogP contribution in [0.4, 0.5) is 0 Å². The summed E-state index contributed by atoms with van der Waals surface area (Å²) in [5.41, 5.74) is 0.811. The molecule has 0 aliphatic carbocycles. The van der Waals surface area contributed by atoms with E-state index >= 15 is 0 Å². The third-order valence-electron chi connectivity index (χ3n) is 2.68. The van der Waals surface area contributed by atoms with Gasteiger partial charge in [0.05, 0.1) is 21.9 Å². The van der Waals surface area contributed by atoms with Gasteiger partial charge in [0.15, 0.2) is 0 Å². The Morgan fingerprint density at radius 2 is 2.15 bits per heavy atom. The average Bonchev–Trinajstić information content (AvgIpc) is 2.92. The van der Waals surface area contributed by atoms with Crippen molar-refractivity contribution < 1.29 is 4.79 Å². The maximum atomic E-state index is 11.6. The lowest BCUT2D eigenvalue weighted by atomic mass is 10.4. The Kier molecular flexibility index (Phi) is 5.03. The Morgan fingerprint density at radius 1 is 1.35 bits per heavy atom. The summed E-state index contributed by atoms with van der Waals surface area (Å²) in [5, 5.41) is 12.2. The van der Waals surface area contributed by atoms with Crippen LogP contribution in [0.5, 0.6) is 0 Å². The van der Waals surface area contributed by atoms with Crippen LogP contribution in [0.25, 0.3) is 0 Å². The first kappa shape index (κ1) is 14.9. The van der Waals surface area contributed by atoms with Crippen LogP contribution in [-0.2, 0) is 17.9 Å². The monoisotopic (exact) mass is 315 g/mol. The number of hydrogen-bond acceptors (Lipinski definition) is 3. The zero-order valence-electron chi connectivity index (χ0n) is 11.0. The zero-order valence-corrected chi connectivity index (χ0v) is 12.5. The number of halogens is 2. The van der Waals surface area contributed by atoms with Crippen molar-refractivity contribution >= 4 is 29.1 Å². The molecule has 6 nitrogen and oxygen atoms in total. The summed E-state index contributed by atoms with van der Waals surface area (Å²) in [6.45, 7) is 3.31. The second kappa shape index (κ2) is 6.76. The first-order chi connectivity index (χ1) is 9.54. The predicted molar refractivity (Wildman–Crippen MR) is 76.8 cm³/mol. The van der Waals surface area contributed by atoms with Crippen molar-refractivity contribution in [2.75, 3.05) is 6.54 Å². The zero-order chi connectivity index (χ0) is 14.5. The lowest BCUT2D eigenvalue weighted by Crippen LogP contribution is -2.29. The maximum absolute atomic E-state index is 11.6. The number of carbonyl (C=O) groups excluding carboxylic acids is 1. The van der Waals surface area contributed by atoms with Crippen LogP contribution in [0, 0.1) is 6.92 Å². The molecule has 108 valence electrons. The highest BCUT2D eigenvalue weighted by Gasteiger charge is 2.04. The van der Waals surface area contributed by atoms with E-state index in [2.05, 4.69) is 15.5 Å². The molecule has 8 heteroatoms. The van der Waals surface area contributed by atoms with Gasteiger partial charge < -0.3 is 5.32 Å². The molecule has 1 amide bonds. The third kappa shape index (κ3) is 4.25. The van der Waals surface area contributed by atoms with Gasteiger partial charge in [-0.3, -0.25) is 14.2 Å². The Morgan fingerprint density at radius 3 is 2.75 bits per heavy atom. The van der Waals surface area contributed by atoms with Gasteiger partial charge in [-0.05, 0) is 13.3 Å². The van der Waals surface area contributed by atoms with Gasteiger partial charge in [0.1, 0.15) is 6.54 Å². The van der Waals surface area contributed by atoms with E-state index in [9.17, 15) is 4.79 Å². The molecule has 0 fully saturated rings. The van der Waals surface area contributed by atoms with E-state index in [1.165, 1.54) is 10.9 Å². The number of hydrogen-bond donors (Lipinski definition) is 1. The van der Waals surface area contributed by atoms with Gasteiger partial charge in [-0.1, -0.05) is 23.2 Å². The molecule has 2 aromatic rings. The smallest absolute Gasteiger partial charge is 0.241 e. The summed E-state index contributed by atoms with van der Waals surface area (Å²) in [5.74, 6) is -0.0977. The second-order valence-electron chi connectivity index (χ2n) is 4.39. The van der Waals surface area contributed by atoms with Gasteiger partial charge in [-0.15, -0.1) is 0 Å². The molecule has 0 radical (unpaired) electrons. The lowest BCUT2D eigenvalue weighted by Gasteiger charge is -2.05. The molecule has 2 heterocycles. The van der Waals surface area contributed by atoms with E-state index in [1.54, 1.807) is 17.1 Å². The van der Waals surface area contributed by atoms with Crippen molar-refractivity contribution in [1.82, 2.24) is 24.9 Å². The molecule has 0 saturated heterocycles. The van der Waals surface area contributed by atoms with E-state index in [4.69, 9.17) is 23.2 Å². The molecule has 0 spiro atoms. The predicted octanol–water partition coefficient (Wildman–Crippen LogP) is 1.90. The van der Waals surface area contributed by atoms with Crippen LogP contribution in [0.2, 0.25) is 10.0 Å². The number of amides is 1. The topological polar surface area (TPSA) is 64.7 Å². The standard InChI is InChI=1S/C12H15Cl2N5O/c1-9-11(14)7-18(17-9)4-2-3-15-12(20)8-19-6-10(13)5-16-19/h5-7H,2-4,8H2,1H3,(H,15,20). The van der Waals surface area contributed by atoms with Gasteiger partial charge in [0.2, 0.25) is 5.91 Å². The van der Waals surface area contributed by atoms with E-state index in [0.717, 1.165) is 12.1 Å². The maximum Gasteiger partial charge on any atom is 0.241 e. The number of aryl methyl sites for hydroxylation is 2. The minimum atomic E-state index is -0.0977. The van der Waals surface area contributed by atoms with Crippen LogP contribution >= 0.6 is 23.2 Å². The number of aromatic nitrogens is 4. The summed E-state index contributed by atoms with van der Waals surface area (Å²) in [6.07, 6.45) is 5.67. The quantitative estimate of drug-likeness (QED) is 0.828. The van der Waals surface area contributed by atoms with E-state index in [1.807, 2.05) is 6.92 Å². The molecule has 2 rings (SSSR count). The summed E-state index contributed by atoms with van der Waals surface area (Å²) >= 11 is 11.6. The molecule has 2 aromatic heterocycles. The Hall–Kier alpha value is -1.53. The van der Waals surface area contributed by atoms with E-state index in [0.29, 0.717) is 23.1 Å². The van der Waals surface area contributed by atoms with Gasteiger partial charge >= 0.3 is 0 Å². The largest absolute Gasteiger partial charge is 0.354 e. The number of nitrogens with one attached hydrogen (secondary N) is 1. The molecule has 0 aromatic carbocycles. The van der Waals surface area contributed by atoms with Gasteiger partial charge in [0.25, 0.3) is 0 Å². The molecule has 0 unspecified atom stereocenters. The molecule has 0 atom stereocenters. The van der Waals surface area contributed by atoms with Gasteiger partial charge in [0, 0.05) is 25.5 Å². The Labute approximate surface area is 126 Å². The molecule has 0 aliphatic heterocycles. The van der Waals surface area contributed by atoms with Crippen LogP contribution in [-0.4, -0.2) is 32.0 Å². The van der Waals surface area contributed by atoms with Crippen molar-refractivity contribution in [1.29, 1.82) is 0 Å². The highest BCUT2D eigenvalue weighted by molar-refractivity contribution is 6.31. The third-order valence-corrected chi connectivity index (χ3v) is 3.25. The van der Waals surface area contributed by atoms with Crippen molar-refractivity contribution in [2.45, 2.75) is 26.4 Å². The minimum Gasteiger partial charge on any atom is -0.354 e. The summed E-state index contributed by atoms with van der Waals surface area (Å²) in [7, 11) is 0. The second-order valence-corrected chi connectivity index (χ2v) is 5.23. The molecular formula is C12H15Cl2N5O. The highest BCUT2D eigenvalue weighted by atomic mass is 35.5. The molecule has 0 bridgehead atoms. The fourth-order valence-electron chi connectivity index (χ4n) is 1.70. The molecule has 1 N–H and O–H groups in total. The minimum absolute atomic E-state index is 0.0977. The highest BCUT2D eigenvalue weighted by Crippen LogP contribution is 2.11. The van der Waals surface area contributed by atoms with E-state index in [-0.39, 0.29) is 12.5 Å². The first-order valence-corrected chi connectivity index (χ1v) is 6.94. The molecule has 20 heavy (non-hydrogen) atoms. The number of rotatable bonds is 6. The SMILES string of the molecule is Cc1nn(CCCNC(=O)Cn2cc(Cl)cn2)cc1Cl. The van der Waals surface area contributed by atoms with Crippen molar-refractivity contribution in [2.24, 2.45) is 0 Å². The summed E-state index contributed by atoms with van der Waals surface area (Å²) < 4.78 is 3.27.